The van der Waals surface area contributed by atoms with E-state index in [9.17, 15) is 8.42 Å². The van der Waals surface area contributed by atoms with Gasteiger partial charge in [-0.2, -0.15) is 0 Å². The summed E-state index contributed by atoms with van der Waals surface area (Å²) in [6, 6.07) is 8.18. The molecule has 0 atom stereocenters. The Balaban J connectivity index is 2.69. The minimum absolute atomic E-state index is 0.177. The van der Waals surface area contributed by atoms with Gasteiger partial charge >= 0.3 is 0 Å². The van der Waals surface area contributed by atoms with Gasteiger partial charge in [-0.1, -0.05) is 38.5 Å². The zero-order valence-corrected chi connectivity index (χ0v) is 11.1. The van der Waals surface area contributed by atoms with Crippen molar-refractivity contribution in [3.8, 4) is 0 Å². The molecule has 4 heteroatoms. The fourth-order valence-corrected chi connectivity index (χ4v) is 2.76. The van der Waals surface area contributed by atoms with Gasteiger partial charge in [0.05, 0.1) is 4.90 Å². The smallest absolute Gasteiger partial charge is 0.219 e. The SMILES string of the molecule is CC(C)CCCC(=N)S(=O)(=O)c1ccccc1. The molecule has 0 unspecified atom stereocenters. The van der Waals surface area contributed by atoms with Crippen molar-refractivity contribution in [1.82, 2.24) is 0 Å². The van der Waals surface area contributed by atoms with E-state index in [1.54, 1.807) is 18.2 Å². The van der Waals surface area contributed by atoms with E-state index in [1.165, 1.54) is 12.1 Å². The molecule has 0 amide bonds. The summed E-state index contributed by atoms with van der Waals surface area (Å²) in [6.07, 6.45) is 2.03. The molecule has 0 aliphatic rings. The highest BCUT2D eigenvalue weighted by atomic mass is 32.2. The average molecular weight is 253 g/mol. The quantitative estimate of drug-likeness (QED) is 0.646. The molecule has 0 aliphatic carbocycles. The van der Waals surface area contributed by atoms with Crippen molar-refractivity contribution < 1.29 is 8.42 Å². The van der Waals surface area contributed by atoms with Crippen LogP contribution >= 0.6 is 0 Å². The van der Waals surface area contributed by atoms with Crippen molar-refractivity contribution in [3.63, 3.8) is 0 Å². The molecule has 0 saturated heterocycles. The third-order valence-electron chi connectivity index (χ3n) is 2.56. The summed E-state index contributed by atoms with van der Waals surface area (Å²) in [6.45, 7) is 4.19. The molecule has 3 nitrogen and oxygen atoms in total. The molecule has 0 bridgehead atoms. The van der Waals surface area contributed by atoms with Crippen LogP contribution in [0.1, 0.15) is 33.1 Å². The molecule has 1 aromatic rings. The number of sulfone groups is 1. The lowest BCUT2D eigenvalue weighted by Crippen LogP contribution is -2.14. The first-order chi connectivity index (χ1) is 7.94. The van der Waals surface area contributed by atoms with Crippen molar-refractivity contribution in [3.05, 3.63) is 30.3 Å². The topological polar surface area (TPSA) is 58.0 Å². The zero-order valence-electron chi connectivity index (χ0n) is 10.3. The number of nitrogens with one attached hydrogen (secondary N) is 1. The lowest BCUT2D eigenvalue weighted by Gasteiger charge is -2.07. The highest BCUT2D eigenvalue weighted by Gasteiger charge is 2.19. The Morgan fingerprint density at radius 3 is 2.35 bits per heavy atom. The molecule has 0 heterocycles. The largest absolute Gasteiger partial charge is 0.293 e. The summed E-state index contributed by atoms with van der Waals surface area (Å²) in [5, 5.41) is 7.51. The van der Waals surface area contributed by atoms with E-state index in [0.29, 0.717) is 12.3 Å². The maximum Gasteiger partial charge on any atom is 0.219 e. The van der Waals surface area contributed by atoms with Crippen LogP contribution in [0, 0.1) is 11.3 Å². The Labute approximate surface area is 103 Å². The van der Waals surface area contributed by atoms with E-state index in [1.807, 2.05) is 0 Å². The summed E-state index contributed by atoms with van der Waals surface area (Å²) in [5.74, 6) is 0.544. The molecule has 1 aromatic carbocycles. The summed E-state index contributed by atoms with van der Waals surface area (Å²) in [4.78, 5) is 0.217. The normalized spacial score (nSPS) is 11.7. The first kappa shape index (κ1) is 13.9. The van der Waals surface area contributed by atoms with Crippen molar-refractivity contribution in [2.45, 2.75) is 38.0 Å². The fraction of sp³-hybridized carbons (Fsp3) is 0.462. The van der Waals surface area contributed by atoms with Crippen LogP contribution in [0.25, 0.3) is 0 Å². The van der Waals surface area contributed by atoms with Gasteiger partial charge in [0.1, 0.15) is 5.04 Å². The van der Waals surface area contributed by atoms with E-state index in [2.05, 4.69) is 13.8 Å². The van der Waals surface area contributed by atoms with E-state index in [-0.39, 0.29) is 9.94 Å². The summed E-state index contributed by atoms with van der Waals surface area (Å²) < 4.78 is 24.0. The summed E-state index contributed by atoms with van der Waals surface area (Å²) >= 11 is 0. The molecule has 0 spiro atoms. The zero-order chi connectivity index (χ0) is 12.9. The third kappa shape index (κ3) is 3.97. The molecular weight excluding hydrogens is 234 g/mol. The molecule has 1 rings (SSSR count). The van der Waals surface area contributed by atoms with Gasteiger partial charge in [-0.3, -0.25) is 5.41 Å². The van der Waals surface area contributed by atoms with Crippen LogP contribution < -0.4 is 0 Å². The van der Waals surface area contributed by atoms with Crippen molar-refractivity contribution in [1.29, 1.82) is 5.41 Å². The first-order valence-corrected chi connectivity index (χ1v) is 7.30. The van der Waals surface area contributed by atoms with Crippen LogP contribution in [-0.4, -0.2) is 13.5 Å². The van der Waals surface area contributed by atoms with Crippen molar-refractivity contribution in [2.75, 3.05) is 0 Å². The Morgan fingerprint density at radius 1 is 1.24 bits per heavy atom. The van der Waals surface area contributed by atoms with Crippen LogP contribution in [0.2, 0.25) is 0 Å². The molecule has 1 N–H and O–H groups in total. The highest BCUT2D eigenvalue weighted by molar-refractivity contribution is 8.06. The van der Waals surface area contributed by atoms with E-state index in [4.69, 9.17) is 5.41 Å². The summed E-state index contributed by atoms with van der Waals surface area (Å²) in [5.41, 5.74) is 0. The van der Waals surface area contributed by atoms with E-state index in [0.717, 1.165) is 12.8 Å². The Kier molecular flexibility index (Phi) is 4.87. The Hall–Kier alpha value is -1.16. The highest BCUT2D eigenvalue weighted by Crippen LogP contribution is 2.15. The standard InChI is InChI=1S/C13H19NO2S/c1-11(2)7-6-10-13(14)17(15,16)12-8-4-3-5-9-12/h3-5,8-9,11,14H,6-7,10H2,1-2H3. The van der Waals surface area contributed by atoms with Gasteiger partial charge < -0.3 is 0 Å². The monoisotopic (exact) mass is 253 g/mol. The molecule has 0 aliphatic heterocycles. The first-order valence-electron chi connectivity index (χ1n) is 5.82. The lowest BCUT2D eigenvalue weighted by molar-refractivity contribution is 0.563. The molecule has 0 fully saturated rings. The van der Waals surface area contributed by atoms with Crippen LogP contribution in [0.4, 0.5) is 0 Å². The van der Waals surface area contributed by atoms with Crippen molar-refractivity contribution in [2.24, 2.45) is 5.92 Å². The van der Waals surface area contributed by atoms with E-state index < -0.39 is 9.84 Å². The minimum atomic E-state index is -3.55. The van der Waals surface area contributed by atoms with Gasteiger partial charge in [0.15, 0.2) is 0 Å². The Bertz CT molecular complexity index is 463. The van der Waals surface area contributed by atoms with Gasteiger partial charge in [0, 0.05) is 6.42 Å². The van der Waals surface area contributed by atoms with Crippen molar-refractivity contribution >= 4 is 14.9 Å². The maximum absolute atomic E-state index is 12.0. The second-order valence-electron chi connectivity index (χ2n) is 4.53. The second-order valence-corrected chi connectivity index (χ2v) is 6.50. The maximum atomic E-state index is 12.0. The van der Waals surface area contributed by atoms with Crippen LogP contribution in [0.3, 0.4) is 0 Å². The van der Waals surface area contributed by atoms with Gasteiger partial charge in [0.2, 0.25) is 9.84 Å². The number of rotatable bonds is 5. The average Bonchev–Trinajstić information content (AvgIpc) is 2.29. The number of hydrogen-bond donors (Lipinski definition) is 1. The second kappa shape index (κ2) is 5.96. The molecule has 17 heavy (non-hydrogen) atoms. The predicted molar refractivity (Wildman–Crippen MR) is 70.0 cm³/mol. The number of benzene rings is 1. The van der Waals surface area contributed by atoms with E-state index >= 15 is 0 Å². The van der Waals surface area contributed by atoms with Crippen LogP contribution in [-0.2, 0) is 9.84 Å². The Morgan fingerprint density at radius 2 is 1.82 bits per heavy atom. The lowest BCUT2D eigenvalue weighted by atomic mass is 10.1. The summed E-state index contributed by atoms with van der Waals surface area (Å²) in [7, 11) is -3.55. The van der Waals surface area contributed by atoms with Gasteiger partial charge in [-0.05, 0) is 24.5 Å². The van der Waals surface area contributed by atoms with Gasteiger partial charge in [-0.25, -0.2) is 8.42 Å². The van der Waals surface area contributed by atoms with Crippen LogP contribution in [0.15, 0.2) is 35.2 Å². The fourth-order valence-electron chi connectivity index (χ4n) is 1.55. The third-order valence-corrected chi connectivity index (χ3v) is 4.31. The van der Waals surface area contributed by atoms with Crippen LogP contribution in [0.5, 0.6) is 0 Å². The predicted octanol–water partition coefficient (Wildman–Crippen LogP) is 3.26. The molecule has 0 radical (unpaired) electrons. The number of hydrogen-bond acceptors (Lipinski definition) is 3. The molecule has 94 valence electrons. The van der Waals surface area contributed by atoms with Gasteiger partial charge in [-0.15, -0.1) is 0 Å². The molecular formula is C13H19NO2S. The van der Waals surface area contributed by atoms with Gasteiger partial charge in [0.25, 0.3) is 0 Å². The molecule has 0 aromatic heterocycles. The minimum Gasteiger partial charge on any atom is -0.293 e. The molecule has 0 saturated carbocycles.